The fourth-order valence-corrected chi connectivity index (χ4v) is 3.00. The van der Waals surface area contributed by atoms with Crippen LogP contribution in [0.25, 0.3) is 0 Å². The molecule has 1 N–H and O–H groups in total. The second kappa shape index (κ2) is 9.84. The number of methoxy groups -OCH3 is 2. The highest BCUT2D eigenvalue weighted by atomic mass is 16.6. The maximum atomic E-state index is 12.4. The summed E-state index contributed by atoms with van der Waals surface area (Å²) in [6.07, 6.45) is -0.912. The fraction of sp³-hybridized carbons (Fsp3) is 0.318. The minimum atomic E-state index is -0.928. The average molecular weight is 429 g/mol. The molecule has 0 bridgehead atoms. The molecule has 0 spiro atoms. The number of cyclic esters (lactones) is 1. The van der Waals surface area contributed by atoms with Crippen LogP contribution in [0.3, 0.4) is 0 Å². The van der Waals surface area contributed by atoms with Crippen molar-refractivity contribution in [2.75, 3.05) is 26.1 Å². The van der Waals surface area contributed by atoms with Crippen molar-refractivity contribution in [1.29, 1.82) is 0 Å². The maximum Gasteiger partial charge on any atom is 0.347 e. The molecular formula is C22H23NO8. The molecule has 9 nitrogen and oxygen atoms in total. The molecule has 2 aromatic rings. The van der Waals surface area contributed by atoms with E-state index in [1.54, 1.807) is 31.2 Å². The number of anilines is 1. The summed E-state index contributed by atoms with van der Waals surface area (Å²) < 4.78 is 26.2. The summed E-state index contributed by atoms with van der Waals surface area (Å²) in [6, 6.07) is 11.4. The lowest BCUT2D eigenvalue weighted by molar-refractivity contribution is -0.147. The van der Waals surface area contributed by atoms with Gasteiger partial charge in [-0.3, -0.25) is 4.79 Å². The summed E-state index contributed by atoms with van der Waals surface area (Å²) in [5, 5.41) is 2.70. The zero-order chi connectivity index (χ0) is 22.4. The van der Waals surface area contributed by atoms with Gasteiger partial charge in [0.1, 0.15) is 11.9 Å². The molecule has 0 saturated carbocycles. The van der Waals surface area contributed by atoms with Crippen LogP contribution in [-0.2, 0) is 19.1 Å². The van der Waals surface area contributed by atoms with Gasteiger partial charge in [-0.15, -0.1) is 0 Å². The Bertz CT molecular complexity index is 974. The first-order valence-corrected chi connectivity index (χ1v) is 9.56. The maximum absolute atomic E-state index is 12.4. The Morgan fingerprint density at radius 1 is 1.06 bits per heavy atom. The van der Waals surface area contributed by atoms with E-state index in [9.17, 15) is 14.4 Å². The van der Waals surface area contributed by atoms with Gasteiger partial charge in [0.25, 0.3) is 5.91 Å². The molecule has 2 atom stereocenters. The smallest absolute Gasteiger partial charge is 0.347 e. The van der Waals surface area contributed by atoms with Crippen LogP contribution in [0, 0.1) is 0 Å². The SMILES string of the molecule is COc1ccccc1NC(=O)COc1ccc(C(=O)OC2CC(C)OC2=O)cc1OC. The van der Waals surface area contributed by atoms with Crippen molar-refractivity contribution >= 4 is 23.5 Å². The highest BCUT2D eigenvalue weighted by molar-refractivity contribution is 5.94. The lowest BCUT2D eigenvalue weighted by Crippen LogP contribution is -2.23. The summed E-state index contributed by atoms with van der Waals surface area (Å²) in [5.41, 5.74) is 0.693. The Morgan fingerprint density at radius 2 is 1.81 bits per heavy atom. The van der Waals surface area contributed by atoms with Gasteiger partial charge in [-0.1, -0.05) is 12.1 Å². The molecule has 2 aromatic carbocycles. The number of carbonyl (C=O) groups is 3. The number of hydrogen-bond acceptors (Lipinski definition) is 8. The Hall–Kier alpha value is -3.75. The summed E-state index contributed by atoms with van der Waals surface area (Å²) in [6.45, 7) is 1.44. The minimum Gasteiger partial charge on any atom is -0.495 e. The van der Waals surface area contributed by atoms with Gasteiger partial charge in [-0.25, -0.2) is 9.59 Å². The zero-order valence-corrected chi connectivity index (χ0v) is 17.4. The minimum absolute atomic E-state index is 0.176. The van der Waals surface area contributed by atoms with Crippen molar-refractivity contribution < 1.29 is 38.1 Å². The number of carbonyl (C=O) groups excluding carboxylic acids is 3. The van der Waals surface area contributed by atoms with Crippen molar-refractivity contribution in [3.8, 4) is 17.2 Å². The second-order valence-corrected chi connectivity index (χ2v) is 6.78. The molecule has 2 unspecified atom stereocenters. The number of hydrogen-bond donors (Lipinski definition) is 1. The first-order chi connectivity index (χ1) is 14.9. The van der Waals surface area contributed by atoms with Gasteiger partial charge in [0, 0.05) is 6.42 Å². The van der Waals surface area contributed by atoms with Gasteiger partial charge in [-0.2, -0.15) is 0 Å². The van der Waals surface area contributed by atoms with Crippen molar-refractivity contribution in [3.05, 3.63) is 48.0 Å². The average Bonchev–Trinajstić information content (AvgIpc) is 3.08. The molecule has 164 valence electrons. The molecule has 1 aliphatic rings. The van der Waals surface area contributed by atoms with Gasteiger partial charge in [0.15, 0.2) is 18.1 Å². The van der Waals surface area contributed by atoms with E-state index in [-0.39, 0.29) is 29.8 Å². The number of para-hydroxylation sites is 2. The van der Waals surface area contributed by atoms with E-state index in [1.165, 1.54) is 32.4 Å². The van der Waals surface area contributed by atoms with E-state index in [0.717, 1.165) is 0 Å². The third-order valence-corrected chi connectivity index (χ3v) is 4.51. The third kappa shape index (κ3) is 5.44. The van der Waals surface area contributed by atoms with Crippen LogP contribution >= 0.6 is 0 Å². The molecule has 0 aromatic heterocycles. The van der Waals surface area contributed by atoms with Gasteiger partial charge in [-0.05, 0) is 37.3 Å². The first-order valence-electron chi connectivity index (χ1n) is 9.56. The van der Waals surface area contributed by atoms with Crippen LogP contribution in [0.5, 0.6) is 17.2 Å². The van der Waals surface area contributed by atoms with Crippen LogP contribution in [0.2, 0.25) is 0 Å². The van der Waals surface area contributed by atoms with Gasteiger partial charge < -0.3 is 29.0 Å². The summed E-state index contributed by atoms with van der Waals surface area (Å²) in [5.74, 6) is -0.616. The van der Waals surface area contributed by atoms with Crippen LogP contribution < -0.4 is 19.5 Å². The largest absolute Gasteiger partial charge is 0.495 e. The Labute approximate surface area is 179 Å². The van der Waals surface area contributed by atoms with Crippen LogP contribution in [0.1, 0.15) is 23.7 Å². The quantitative estimate of drug-likeness (QED) is 0.638. The van der Waals surface area contributed by atoms with E-state index in [4.69, 9.17) is 23.7 Å². The molecule has 0 radical (unpaired) electrons. The zero-order valence-electron chi connectivity index (χ0n) is 17.4. The third-order valence-electron chi connectivity index (χ3n) is 4.51. The number of ether oxygens (including phenoxy) is 5. The lowest BCUT2D eigenvalue weighted by Gasteiger charge is -2.14. The number of rotatable bonds is 8. The summed E-state index contributed by atoms with van der Waals surface area (Å²) in [7, 11) is 2.91. The van der Waals surface area contributed by atoms with E-state index in [0.29, 0.717) is 17.9 Å². The van der Waals surface area contributed by atoms with Crippen molar-refractivity contribution in [2.45, 2.75) is 25.6 Å². The standard InChI is InChI=1S/C22H23NO8/c1-13-10-19(22(26)30-13)31-21(25)14-8-9-17(18(11-14)28-3)29-12-20(24)23-15-6-4-5-7-16(15)27-2/h4-9,11,13,19H,10,12H2,1-3H3,(H,23,24). The normalized spacial score (nSPS) is 17.5. The molecule has 1 aliphatic heterocycles. The monoisotopic (exact) mass is 429 g/mol. The van der Waals surface area contributed by atoms with Crippen molar-refractivity contribution in [3.63, 3.8) is 0 Å². The van der Waals surface area contributed by atoms with Gasteiger partial charge >= 0.3 is 11.9 Å². The van der Waals surface area contributed by atoms with Crippen molar-refractivity contribution in [1.82, 2.24) is 0 Å². The molecule has 9 heteroatoms. The first kappa shape index (κ1) is 21.9. The molecule has 31 heavy (non-hydrogen) atoms. The molecular weight excluding hydrogens is 406 g/mol. The van der Waals surface area contributed by atoms with Crippen LogP contribution in [-0.4, -0.2) is 50.9 Å². The Balaban J connectivity index is 1.61. The summed E-state index contributed by atoms with van der Waals surface area (Å²) in [4.78, 5) is 36.2. The van der Waals surface area contributed by atoms with E-state index >= 15 is 0 Å². The fourth-order valence-electron chi connectivity index (χ4n) is 3.00. The molecule has 1 saturated heterocycles. The lowest BCUT2D eigenvalue weighted by atomic mass is 10.2. The Morgan fingerprint density at radius 3 is 2.48 bits per heavy atom. The highest BCUT2D eigenvalue weighted by Gasteiger charge is 2.35. The predicted molar refractivity (Wildman–Crippen MR) is 109 cm³/mol. The number of amides is 1. The molecule has 3 rings (SSSR count). The summed E-state index contributed by atoms with van der Waals surface area (Å²) >= 11 is 0. The molecule has 0 aliphatic carbocycles. The second-order valence-electron chi connectivity index (χ2n) is 6.78. The van der Waals surface area contributed by atoms with E-state index in [1.807, 2.05) is 0 Å². The van der Waals surface area contributed by atoms with Gasteiger partial charge in [0.05, 0.1) is 25.5 Å². The van der Waals surface area contributed by atoms with Crippen LogP contribution in [0.15, 0.2) is 42.5 Å². The molecule has 1 amide bonds. The number of benzene rings is 2. The predicted octanol–water partition coefficient (Wildman–Crippen LogP) is 2.58. The van der Waals surface area contributed by atoms with E-state index < -0.39 is 23.9 Å². The van der Waals surface area contributed by atoms with Crippen molar-refractivity contribution in [2.24, 2.45) is 0 Å². The van der Waals surface area contributed by atoms with E-state index in [2.05, 4.69) is 5.32 Å². The topological polar surface area (TPSA) is 109 Å². The van der Waals surface area contributed by atoms with Gasteiger partial charge in [0.2, 0.25) is 6.10 Å². The van der Waals surface area contributed by atoms with Crippen LogP contribution in [0.4, 0.5) is 5.69 Å². The highest BCUT2D eigenvalue weighted by Crippen LogP contribution is 2.29. The molecule has 1 heterocycles. The number of nitrogens with one attached hydrogen (secondary N) is 1. The molecule has 1 fully saturated rings. The Kier molecular flexibility index (Phi) is 6.96. The number of esters is 2.